The van der Waals surface area contributed by atoms with Crippen molar-refractivity contribution in [2.24, 2.45) is 0 Å². The molecular formula is C21H19O4P. The van der Waals surface area contributed by atoms with Crippen molar-refractivity contribution in [1.82, 2.24) is 0 Å². The predicted molar refractivity (Wildman–Crippen MR) is 105 cm³/mol. The molecule has 0 aliphatic carbocycles. The second-order valence-corrected chi connectivity index (χ2v) is 7.12. The van der Waals surface area contributed by atoms with Crippen LogP contribution in [0.3, 0.4) is 0 Å². The zero-order valence-electron chi connectivity index (χ0n) is 14.3. The van der Waals surface area contributed by atoms with Crippen LogP contribution in [0.1, 0.15) is 12.5 Å². The van der Waals surface area contributed by atoms with E-state index in [-0.39, 0.29) is 5.75 Å². The summed E-state index contributed by atoms with van der Waals surface area (Å²) < 4.78 is 16.5. The number of rotatable bonds is 5. The van der Waals surface area contributed by atoms with Gasteiger partial charge in [0.1, 0.15) is 5.75 Å². The average Bonchev–Trinajstić information content (AvgIpc) is 2.61. The van der Waals surface area contributed by atoms with Gasteiger partial charge in [0.05, 0.1) is 0 Å². The van der Waals surface area contributed by atoms with E-state index >= 15 is 0 Å². The van der Waals surface area contributed by atoms with Crippen LogP contribution in [0.4, 0.5) is 0 Å². The third-order valence-corrected chi connectivity index (χ3v) is 4.40. The van der Waals surface area contributed by atoms with Crippen LogP contribution in [0.5, 0.6) is 5.75 Å². The summed E-state index contributed by atoms with van der Waals surface area (Å²) in [4.78, 5) is 18.7. The zero-order valence-corrected chi connectivity index (χ0v) is 15.2. The van der Waals surface area contributed by atoms with Crippen LogP contribution in [0.15, 0.2) is 79.4 Å². The van der Waals surface area contributed by atoms with Gasteiger partial charge in [0.15, 0.2) is 0 Å². The largest absolute Gasteiger partial charge is 0.524 e. The molecule has 0 saturated carbocycles. The van der Waals surface area contributed by atoms with Gasteiger partial charge in [-0.15, -0.1) is 0 Å². The van der Waals surface area contributed by atoms with Crippen molar-refractivity contribution in [1.29, 1.82) is 0 Å². The van der Waals surface area contributed by atoms with E-state index in [4.69, 9.17) is 4.52 Å². The molecule has 0 atom stereocenters. The molecule has 0 aliphatic heterocycles. The highest BCUT2D eigenvalue weighted by Gasteiger charge is 2.23. The summed E-state index contributed by atoms with van der Waals surface area (Å²) in [6.07, 6.45) is 0. The Balaban J connectivity index is 2.40. The number of benzene rings is 3. The fourth-order valence-corrected chi connectivity index (χ4v) is 3.35. The molecule has 5 heteroatoms. The molecule has 0 bridgehead atoms. The van der Waals surface area contributed by atoms with Crippen LogP contribution < -0.4 is 4.52 Å². The highest BCUT2D eigenvalue weighted by molar-refractivity contribution is 7.46. The Kier molecular flexibility index (Phi) is 5.10. The van der Waals surface area contributed by atoms with Crippen LogP contribution in [-0.4, -0.2) is 9.79 Å². The first kappa shape index (κ1) is 18.2. The van der Waals surface area contributed by atoms with Crippen molar-refractivity contribution in [3.63, 3.8) is 0 Å². The smallest absolute Gasteiger partial charge is 0.404 e. The number of phosphoric ester groups is 1. The van der Waals surface area contributed by atoms with Crippen LogP contribution in [-0.2, 0) is 4.57 Å². The molecule has 26 heavy (non-hydrogen) atoms. The van der Waals surface area contributed by atoms with Gasteiger partial charge in [0, 0.05) is 11.1 Å². The maximum Gasteiger partial charge on any atom is 0.524 e. The first-order valence-electron chi connectivity index (χ1n) is 8.05. The second kappa shape index (κ2) is 7.30. The molecule has 0 aromatic heterocycles. The van der Waals surface area contributed by atoms with Crippen molar-refractivity contribution < 1.29 is 18.9 Å². The van der Waals surface area contributed by atoms with Crippen LogP contribution in [0.2, 0.25) is 0 Å². The van der Waals surface area contributed by atoms with Gasteiger partial charge in [-0.1, -0.05) is 78.9 Å². The zero-order chi connectivity index (χ0) is 18.7. The molecule has 4 nitrogen and oxygen atoms in total. The first-order valence-corrected chi connectivity index (χ1v) is 9.59. The molecular weight excluding hydrogens is 347 g/mol. The molecule has 3 aromatic rings. The standard InChI is InChI=1S/C21H19O4P/c1-15(2)18-13-14-19(25-26(22,23)24)21(17-11-7-4-8-12-17)20(18)16-9-5-3-6-10-16/h3-14H,1H2,2H3,(H2,22,23,24). The lowest BCUT2D eigenvalue weighted by atomic mass is 9.87. The molecule has 0 fully saturated rings. The lowest BCUT2D eigenvalue weighted by Crippen LogP contribution is -1.98. The van der Waals surface area contributed by atoms with Gasteiger partial charge < -0.3 is 4.52 Å². The lowest BCUT2D eigenvalue weighted by molar-refractivity contribution is 0.283. The summed E-state index contributed by atoms with van der Waals surface area (Å²) >= 11 is 0. The summed E-state index contributed by atoms with van der Waals surface area (Å²) in [5, 5.41) is 0. The van der Waals surface area contributed by atoms with Crippen LogP contribution in [0, 0.1) is 0 Å². The molecule has 132 valence electrons. The normalized spacial score (nSPS) is 11.2. The summed E-state index contributed by atoms with van der Waals surface area (Å²) in [5.74, 6) is 0.133. The van der Waals surface area contributed by atoms with Gasteiger partial charge in [-0.2, -0.15) is 0 Å². The summed E-state index contributed by atoms with van der Waals surface area (Å²) in [6.45, 7) is 5.96. The minimum atomic E-state index is -4.71. The van der Waals surface area contributed by atoms with E-state index in [0.29, 0.717) is 5.56 Å². The van der Waals surface area contributed by atoms with Gasteiger partial charge in [-0.25, -0.2) is 4.57 Å². The number of hydrogen-bond acceptors (Lipinski definition) is 2. The van der Waals surface area contributed by atoms with Gasteiger partial charge in [-0.3, -0.25) is 9.79 Å². The SMILES string of the molecule is C=C(C)c1ccc(OP(=O)(O)O)c(-c2ccccc2)c1-c1ccccc1. The topological polar surface area (TPSA) is 66.8 Å². The molecule has 0 amide bonds. The minimum Gasteiger partial charge on any atom is -0.404 e. The van der Waals surface area contributed by atoms with Gasteiger partial charge in [-0.05, 0) is 29.7 Å². The summed E-state index contributed by atoms with van der Waals surface area (Å²) in [7, 11) is -4.71. The van der Waals surface area contributed by atoms with Crippen LogP contribution >= 0.6 is 7.82 Å². The van der Waals surface area contributed by atoms with E-state index in [1.54, 1.807) is 12.1 Å². The number of phosphoric acid groups is 1. The van der Waals surface area contributed by atoms with Crippen molar-refractivity contribution in [2.75, 3.05) is 0 Å². The Morgan fingerprint density at radius 3 is 1.81 bits per heavy atom. The average molecular weight is 366 g/mol. The van der Waals surface area contributed by atoms with Crippen molar-refractivity contribution in [2.45, 2.75) is 6.92 Å². The van der Waals surface area contributed by atoms with E-state index in [1.165, 1.54) is 0 Å². The molecule has 0 radical (unpaired) electrons. The second-order valence-electron chi connectivity index (χ2n) is 5.96. The predicted octanol–water partition coefficient (Wildman–Crippen LogP) is 5.53. The Hall–Kier alpha value is -2.65. The summed E-state index contributed by atoms with van der Waals surface area (Å²) in [5.41, 5.74) is 4.92. The minimum absolute atomic E-state index is 0.133. The molecule has 3 aromatic carbocycles. The van der Waals surface area contributed by atoms with Crippen molar-refractivity contribution >= 4 is 13.4 Å². The van der Waals surface area contributed by atoms with Gasteiger partial charge in [0.25, 0.3) is 0 Å². The third kappa shape index (κ3) is 3.94. The number of hydrogen-bond donors (Lipinski definition) is 2. The first-order chi connectivity index (χ1) is 12.4. The molecule has 0 unspecified atom stereocenters. The van der Waals surface area contributed by atoms with Crippen LogP contribution in [0.25, 0.3) is 27.8 Å². The van der Waals surface area contributed by atoms with E-state index in [9.17, 15) is 14.4 Å². The Bertz CT molecular complexity index is 976. The van der Waals surface area contributed by atoms with E-state index < -0.39 is 7.82 Å². The highest BCUT2D eigenvalue weighted by atomic mass is 31.2. The fourth-order valence-electron chi connectivity index (χ4n) is 2.94. The van der Waals surface area contributed by atoms with E-state index in [2.05, 4.69) is 6.58 Å². The van der Waals surface area contributed by atoms with E-state index in [0.717, 1.165) is 27.8 Å². The maximum absolute atomic E-state index is 11.5. The molecule has 0 aliphatic rings. The summed E-state index contributed by atoms with van der Waals surface area (Å²) in [6, 6.07) is 22.4. The van der Waals surface area contributed by atoms with Crippen molar-refractivity contribution in [3.8, 4) is 28.0 Å². The molecule has 0 spiro atoms. The Labute approximate surface area is 152 Å². The number of allylic oxidation sites excluding steroid dienone is 1. The molecule has 0 saturated heterocycles. The van der Waals surface area contributed by atoms with Gasteiger partial charge >= 0.3 is 7.82 Å². The Morgan fingerprint density at radius 1 is 0.846 bits per heavy atom. The highest BCUT2D eigenvalue weighted by Crippen LogP contribution is 2.48. The van der Waals surface area contributed by atoms with Gasteiger partial charge in [0.2, 0.25) is 0 Å². The monoisotopic (exact) mass is 366 g/mol. The maximum atomic E-state index is 11.5. The Morgan fingerprint density at radius 2 is 1.35 bits per heavy atom. The molecule has 2 N–H and O–H groups in total. The quantitative estimate of drug-likeness (QED) is 0.583. The molecule has 0 heterocycles. The van der Waals surface area contributed by atoms with Crippen molar-refractivity contribution in [3.05, 3.63) is 84.9 Å². The third-order valence-electron chi connectivity index (χ3n) is 3.97. The fraction of sp³-hybridized carbons (Fsp3) is 0.0476. The lowest BCUT2D eigenvalue weighted by Gasteiger charge is -2.20. The molecule has 3 rings (SSSR count). The van der Waals surface area contributed by atoms with E-state index in [1.807, 2.05) is 67.6 Å².